The third-order valence-corrected chi connectivity index (χ3v) is 5.86. The van der Waals surface area contributed by atoms with Crippen LogP contribution >= 0.6 is 0 Å². The van der Waals surface area contributed by atoms with E-state index in [9.17, 15) is 29.7 Å². The lowest BCUT2D eigenvalue weighted by molar-refractivity contribution is -0.385. The van der Waals surface area contributed by atoms with Gasteiger partial charge in [-0.1, -0.05) is 12.1 Å². The SMILES string of the molecule is Cn1c(=O)c([N+](=O)[O-])c(N2CCN(CC(O)c3ccc(F)cc3)CC2)c2nc(C#N)ccc21. The minimum Gasteiger partial charge on any atom is -0.387 e. The molecule has 1 aliphatic rings. The van der Waals surface area contributed by atoms with Gasteiger partial charge in [0, 0.05) is 39.8 Å². The zero-order valence-electron chi connectivity index (χ0n) is 17.8. The predicted octanol–water partition coefficient (Wildman–Crippen LogP) is 1.71. The first-order valence-electron chi connectivity index (χ1n) is 10.3. The van der Waals surface area contributed by atoms with Crippen molar-refractivity contribution in [1.29, 1.82) is 5.26 Å². The number of benzene rings is 1. The lowest BCUT2D eigenvalue weighted by Gasteiger charge is -2.36. The number of aliphatic hydroxyl groups excluding tert-OH is 1. The summed E-state index contributed by atoms with van der Waals surface area (Å²) in [6, 6.07) is 10.6. The van der Waals surface area contributed by atoms with Gasteiger partial charge in [0.05, 0.1) is 16.5 Å². The molecule has 1 atom stereocenters. The Morgan fingerprint density at radius 3 is 2.48 bits per heavy atom. The van der Waals surface area contributed by atoms with Crippen LogP contribution in [-0.2, 0) is 7.05 Å². The molecule has 4 rings (SSSR count). The number of fused-ring (bicyclic) bond motifs is 1. The number of aryl methyl sites for hydroxylation is 1. The molecule has 0 bridgehead atoms. The molecule has 1 unspecified atom stereocenters. The van der Waals surface area contributed by atoms with Crippen LogP contribution in [0.15, 0.2) is 41.2 Å². The maximum atomic E-state index is 13.1. The zero-order valence-corrected chi connectivity index (χ0v) is 17.8. The molecule has 3 heterocycles. The predicted molar refractivity (Wildman–Crippen MR) is 118 cm³/mol. The molecule has 0 aliphatic carbocycles. The molecule has 170 valence electrons. The minimum absolute atomic E-state index is 0.0951. The molecule has 0 amide bonds. The Bertz CT molecular complexity index is 1310. The first kappa shape index (κ1) is 22.3. The maximum absolute atomic E-state index is 13.1. The fourth-order valence-electron chi connectivity index (χ4n) is 4.09. The van der Waals surface area contributed by atoms with Crippen LogP contribution in [0.1, 0.15) is 17.4 Å². The minimum atomic E-state index is -0.809. The van der Waals surface area contributed by atoms with E-state index in [1.807, 2.05) is 11.0 Å². The second-order valence-corrected chi connectivity index (χ2v) is 7.85. The summed E-state index contributed by atoms with van der Waals surface area (Å²) in [6.07, 6.45) is -0.809. The van der Waals surface area contributed by atoms with E-state index in [1.165, 1.54) is 41.9 Å². The van der Waals surface area contributed by atoms with Crippen molar-refractivity contribution in [3.8, 4) is 6.07 Å². The Labute approximate surface area is 187 Å². The molecule has 1 fully saturated rings. The van der Waals surface area contributed by atoms with E-state index >= 15 is 0 Å². The number of nitro groups is 1. The number of nitrogens with zero attached hydrogens (tertiary/aromatic N) is 6. The normalized spacial score (nSPS) is 15.4. The lowest BCUT2D eigenvalue weighted by Crippen LogP contribution is -2.48. The van der Waals surface area contributed by atoms with Crippen LogP contribution in [0.2, 0.25) is 0 Å². The molecule has 0 radical (unpaired) electrons. The first-order valence-corrected chi connectivity index (χ1v) is 10.3. The van der Waals surface area contributed by atoms with Crippen LogP contribution in [-0.4, -0.2) is 57.2 Å². The summed E-state index contributed by atoms with van der Waals surface area (Å²) in [6.45, 7) is 1.99. The van der Waals surface area contributed by atoms with Gasteiger partial charge in [-0.3, -0.25) is 19.8 Å². The Balaban J connectivity index is 1.62. The topological polar surface area (TPSA) is 129 Å². The lowest BCUT2D eigenvalue weighted by atomic mass is 10.1. The van der Waals surface area contributed by atoms with Crippen molar-refractivity contribution < 1.29 is 14.4 Å². The van der Waals surface area contributed by atoms with Gasteiger partial charge in [-0.15, -0.1) is 0 Å². The number of aromatic nitrogens is 2. The van der Waals surface area contributed by atoms with Crippen LogP contribution in [0.4, 0.5) is 15.8 Å². The smallest absolute Gasteiger partial charge is 0.359 e. The monoisotopic (exact) mass is 452 g/mol. The number of β-amino-alcohol motifs (C(OH)–C–C–N with tert-alkyl or cyclic N) is 1. The summed E-state index contributed by atoms with van der Waals surface area (Å²) in [5, 5.41) is 31.6. The molecule has 10 nitrogen and oxygen atoms in total. The van der Waals surface area contributed by atoms with Gasteiger partial charge in [-0.25, -0.2) is 9.37 Å². The van der Waals surface area contributed by atoms with E-state index in [2.05, 4.69) is 4.98 Å². The molecule has 0 spiro atoms. The Kier molecular flexibility index (Phi) is 6.04. The van der Waals surface area contributed by atoms with Gasteiger partial charge in [-0.05, 0) is 29.8 Å². The van der Waals surface area contributed by atoms with Crippen molar-refractivity contribution >= 4 is 22.4 Å². The molecule has 1 N–H and O–H groups in total. The Hall–Kier alpha value is -3.88. The molecule has 1 aromatic carbocycles. The summed E-state index contributed by atoms with van der Waals surface area (Å²) in [4.78, 5) is 31.9. The number of hydrogen-bond donors (Lipinski definition) is 1. The average molecular weight is 452 g/mol. The van der Waals surface area contributed by atoms with Gasteiger partial charge in [0.15, 0.2) is 5.69 Å². The maximum Gasteiger partial charge on any atom is 0.359 e. The van der Waals surface area contributed by atoms with E-state index in [1.54, 1.807) is 11.0 Å². The molecule has 33 heavy (non-hydrogen) atoms. The van der Waals surface area contributed by atoms with Crippen molar-refractivity contribution in [2.24, 2.45) is 7.05 Å². The standard InChI is InChI=1S/C22H21FN6O4/c1-26-17-7-6-16(12-24)25-19(17)20(21(22(26)31)29(32)33)28-10-8-27(9-11-28)13-18(30)14-2-4-15(23)5-3-14/h2-7,18,30H,8-11,13H2,1H3. The van der Waals surface area contributed by atoms with Crippen molar-refractivity contribution in [3.63, 3.8) is 0 Å². The number of aliphatic hydroxyl groups is 1. The fourth-order valence-corrected chi connectivity index (χ4v) is 4.09. The van der Waals surface area contributed by atoms with Gasteiger partial charge in [0.25, 0.3) is 0 Å². The van der Waals surface area contributed by atoms with Gasteiger partial charge < -0.3 is 14.6 Å². The third kappa shape index (κ3) is 4.26. The van der Waals surface area contributed by atoms with Gasteiger partial charge >= 0.3 is 11.2 Å². The van der Waals surface area contributed by atoms with Crippen molar-refractivity contribution in [2.75, 3.05) is 37.6 Å². The number of halogens is 1. The van der Waals surface area contributed by atoms with Crippen molar-refractivity contribution in [3.05, 3.63) is 73.9 Å². The highest BCUT2D eigenvalue weighted by molar-refractivity contribution is 5.94. The summed E-state index contributed by atoms with van der Waals surface area (Å²) in [7, 11) is 1.43. The van der Waals surface area contributed by atoms with Crippen LogP contribution in [0.3, 0.4) is 0 Å². The van der Waals surface area contributed by atoms with Crippen LogP contribution in [0.25, 0.3) is 11.0 Å². The third-order valence-electron chi connectivity index (χ3n) is 5.86. The number of anilines is 1. The quantitative estimate of drug-likeness (QED) is 0.458. The highest BCUT2D eigenvalue weighted by atomic mass is 19.1. The molecule has 11 heteroatoms. The average Bonchev–Trinajstić information content (AvgIpc) is 2.81. The van der Waals surface area contributed by atoms with E-state index in [0.29, 0.717) is 43.8 Å². The molecular weight excluding hydrogens is 431 g/mol. The number of hydrogen-bond acceptors (Lipinski definition) is 8. The van der Waals surface area contributed by atoms with E-state index in [-0.39, 0.29) is 22.7 Å². The largest absolute Gasteiger partial charge is 0.387 e. The number of nitriles is 1. The summed E-state index contributed by atoms with van der Waals surface area (Å²) in [5.41, 5.74) is 0.0962. The molecular formula is C22H21FN6O4. The van der Waals surface area contributed by atoms with Crippen LogP contribution in [0, 0.1) is 27.3 Å². The van der Waals surface area contributed by atoms with Crippen molar-refractivity contribution in [2.45, 2.75) is 6.10 Å². The molecule has 0 saturated carbocycles. The Morgan fingerprint density at radius 2 is 1.88 bits per heavy atom. The van der Waals surface area contributed by atoms with E-state index in [4.69, 9.17) is 0 Å². The van der Waals surface area contributed by atoms with E-state index < -0.39 is 22.3 Å². The van der Waals surface area contributed by atoms with Crippen LogP contribution < -0.4 is 10.5 Å². The van der Waals surface area contributed by atoms with Gasteiger partial charge in [0.1, 0.15) is 23.1 Å². The number of rotatable bonds is 5. The Morgan fingerprint density at radius 1 is 1.21 bits per heavy atom. The van der Waals surface area contributed by atoms with Gasteiger partial charge in [0.2, 0.25) is 0 Å². The summed E-state index contributed by atoms with van der Waals surface area (Å²) < 4.78 is 14.3. The highest BCUT2D eigenvalue weighted by Gasteiger charge is 2.32. The molecule has 3 aromatic rings. The second kappa shape index (κ2) is 8.93. The van der Waals surface area contributed by atoms with E-state index in [0.717, 1.165) is 0 Å². The molecule has 2 aromatic heterocycles. The van der Waals surface area contributed by atoms with Gasteiger partial charge in [-0.2, -0.15) is 5.26 Å². The number of pyridine rings is 2. The first-order chi connectivity index (χ1) is 15.8. The molecule has 1 aliphatic heterocycles. The highest BCUT2D eigenvalue weighted by Crippen LogP contribution is 2.33. The van der Waals surface area contributed by atoms with Crippen molar-refractivity contribution in [1.82, 2.24) is 14.5 Å². The zero-order chi connectivity index (χ0) is 23.7. The van der Waals surface area contributed by atoms with Crippen LogP contribution in [0.5, 0.6) is 0 Å². The summed E-state index contributed by atoms with van der Waals surface area (Å²) >= 11 is 0. The second-order valence-electron chi connectivity index (χ2n) is 7.85. The summed E-state index contributed by atoms with van der Waals surface area (Å²) in [5.74, 6) is -0.379. The molecule has 1 saturated heterocycles. The number of piperazine rings is 1. The fraction of sp³-hybridized carbons (Fsp3) is 0.318.